The summed E-state index contributed by atoms with van der Waals surface area (Å²) in [7, 11) is 0. The van der Waals surface area contributed by atoms with Gasteiger partial charge in [-0.15, -0.1) is 0 Å². The summed E-state index contributed by atoms with van der Waals surface area (Å²) in [6.07, 6.45) is 5.62. The Balaban J connectivity index is 1.78. The second-order valence-electron chi connectivity index (χ2n) is 5.30. The first kappa shape index (κ1) is 12.3. The molecule has 1 aliphatic carbocycles. The molecule has 2 aromatic rings. The summed E-state index contributed by atoms with van der Waals surface area (Å²) in [4.78, 5) is 16.4. The molecule has 5 heteroatoms. The second-order valence-corrected chi connectivity index (χ2v) is 5.30. The minimum Gasteiger partial charge on any atom is -0.441 e. The summed E-state index contributed by atoms with van der Waals surface area (Å²) in [5, 5.41) is 2.55. The van der Waals surface area contributed by atoms with Crippen LogP contribution in [-0.4, -0.2) is 10.9 Å². The molecule has 2 heterocycles. The second kappa shape index (κ2) is 4.55. The van der Waals surface area contributed by atoms with Crippen molar-refractivity contribution in [3.05, 3.63) is 46.9 Å². The number of fused-ring (bicyclic) bond motifs is 2. The maximum Gasteiger partial charge on any atom is 0.256 e. The van der Waals surface area contributed by atoms with E-state index < -0.39 is 5.82 Å². The molecule has 0 spiro atoms. The van der Waals surface area contributed by atoms with Gasteiger partial charge in [0.1, 0.15) is 11.6 Å². The predicted molar refractivity (Wildman–Crippen MR) is 76.0 cm³/mol. The van der Waals surface area contributed by atoms with Gasteiger partial charge in [0.2, 0.25) is 5.89 Å². The number of hydrogen-bond acceptors (Lipinski definition) is 3. The molecule has 4 nitrogen and oxygen atoms in total. The first-order valence-corrected chi connectivity index (χ1v) is 7.03. The first-order valence-electron chi connectivity index (χ1n) is 7.03. The highest BCUT2D eigenvalue weighted by atomic mass is 19.1. The molecule has 1 aliphatic heterocycles. The molecule has 106 valence electrons. The number of hydrogen-bond donors (Lipinski definition) is 1. The van der Waals surface area contributed by atoms with Crippen molar-refractivity contribution >= 4 is 23.2 Å². The van der Waals surface area contributed by atoms with Crippen molar-refractivity contribution in [1.82, 2.24) is 4.98 Å². The Kier molecular flexibility index (Phi) is 2.67. The van der Waals surface area contributed by atoms with E-state index in [1.165, 1.54) is 6.07 Å². The van der Waals surface area contributed by atoms with Gasteiger partial charge < -0.3 is 9.73 Å². The highest BCUT2D eigenvalue weighted by molar-refractivity contribution is 6.34. The van der Waals surface area contributed by atoms with Crippen LogP contribution in [0.2, 0.25) is 0 Å². The van der Waals surface area contributed by atoms with Crippen molar-refractivity contribution in [1.29, 1.82) is 0 Å². The lowest BCUT2D eigenvalue weighted by Gasteiger charge is -2.05. The van der Waals surface area contributed by atoms with Crippen LogP contribution in [0.15, 0.2) is 22.6 Å². The highest BCUT2D eigenvalue weighted by Crippen LogP contribution is 2.35. The summed E-state index contributed by atoms with van der Waals surface area (Å²) < 4.78 is 19.4. The fourth-order valence-corrected chi connectivity index (χ4v) is 2.88. The van der Waals surface area contributed by atoms with Gasteiger partial charge in [0.05, 0.1) is 17.0 Å². The number of oxazole rings is 1. The SMILES string of the molecule is O=C1Nc2c(F)cccc2C1=Cc1nc2c(o1)CCCC2. The van der Waals surface area contributed by atoms with Crippen LogP contribution in [0.5, 0.6) is 0 Å². The molecule has 21 heavy (non-hydrogen) atoms. The summed E-state index contributed by atoms with van der Waals surface area (Å²) in [6, 6.07) is 4.62. The average molecular weight is 284 g/mol. The van der Waals surface area contributed by atoms with E-state index in [4.69, 9.17) is 4.42 Å². The molecule has 0 saturated heterocycles. The van der Waals surface area contributed by atoms with Gasteiger partial charge >= 0.3 is 0 Å². The summed E-state index contributed by atoms with van der Waals surface area (Å²) >= 11 is 0. The summed E-state index contributed by atoms with van der Waals surface area (Å²) in [5.41, 5.74) is 2.15. The zero-order chi connectivity index (χ0) is 14.4. The number of amides is 1. The number of carbonyl (C=O) groups excluding carboxylic acids is 1. The van der Waals surface area contributed by atoms with E-state index in [2.05, 4.69) is 10.3 Å². The van der Waals surface area contributed by atoms with Gasteiger partial charge in [-0.25, -0.2) is 9.37 Å². The number of para-hydroxylation sites is 1. The van der Waals surface area contributed by atoms with E-state index in [0.717, 1.165) is 37.1 Å². The van der Waals surface area contributed by atoms with E-state index in [1.807, 2.05) is 0 Å². The minimum absolute atomic E-state index is 0.227. The highest BCUT2D eigenvalue weighted by Gasteiger charge is 2.27. The van der Waals surface area contributed by atoms with E-state index in [1.54, 1.807) is 18.2 Å². The lowest BCUT2D eigenvalue weighted by atomic mass is 10.0. The molecule has 0 unspecified atom stereocenters. The van der Waals surface area contributed by atoms with Crippen molar-refractivity contribution in [3.8, 4) is 0 Å². The van der Waals surface area contributed by atoms with Crippen LogP contribution in [0.4, 0.5) is 10.1 Å². The van der Waals surface area contributed by atoms with E-state index in [9.17, 15) is 9.18 Å². The Labute approximate surface area is 120 Å². The fraction of sp³-hybridized carbons (Fsp3) is 0.250. The number of nitrogens with zero attached hydrogens (tertiary/aromatic N) is 1. The summed E-state index contributed by atoms with van der Waals surface area (Å²) in [6.45, 7) is 0. The minimum atomic E-state index is -0.434. The fourth-order valence-electron chi connectivity index (χ4n) is 2.88. The first-order chi connectivity index (χ1) is 10.2. The number of anilines is 1. The lowest BCUT2D eigenvalue weighted by Crippen LogP contribution is -2.04. The topological polar surface area (TPSA) is 55.1 Å². The van der Waals surface area contributed by atoms with Gasteiger partial charge in [0.15, 0.2) is 0 Å². The molecule has 1 aromatic carbocycles. The molecule has 1 amide bonds. The van der Waals surface area contributed by atoms with Gasteiger partial charge in [0.25, 0.3) is 5.91 Å². The molecule has 0 radical (unpaired) electrons. The van der Waals surface area contributed by atoms with Crippen LogP contribution in [0.25, 0.3) is 11.6 Å². The van der Waals surface area contributed by atoms with Crippen molar-refractivity contribution in [2.75, 3.05) is 5.32 Å². The number of halogens is 1. The van der Waals surface area contributed by atoms with E-state index >= 15 is 0 Å². The van der Waals surface area contributed by atoms with Crippen molar-refractivity contribution in [2.24, 2.45) is 0 Å². The van der Waals surface area contributed by atoms with Crippen molar-refractivity contribution < 1.29 is 13.6 Å². The standard InChI is InChI=1S/C16H13FN2O2/c17-11-5-3-4-9-10(16(20)19-15(9)11)8-14-18-12-6-1-2-7-13(12)21-14/h3-5,8H,1-2,6-7H2,(H,19,20). The Morgan fingerprint density at radius 3 is 3.00 bits per heavy atom. The lowest BCUT2D eigenvalue weighted by molar-refractivity contribution is -0.110. The number of benzene rings is 1. The Morgan fingerprint density at radius 1 is 1.29 bits per heavy atom. The molecule has 1 aromatic heterocycles. The van der Waals surface area contributed by atoms with Gasteiger partial charge in [-0.3, -0.25) is 4.79 Å². The third kappa shape index (κ3) is 1.96. The molecular formula is C16H13FN2O2. The molecule has 1 N–H and O–H groups in total. The molecule has 0 saturated carbocycles. The third-order valence-corrected chi connectivity index (χ3v) is 3.92. The zero-order valence-electron chi connectivity index (χ0n) is 11.3. The van der Waals surface area contributed by atoms with Gasteiger partial charge in [0, 0.05) is 18.1 Å². The van der Waals surface area contributed by atoms with Gasteiger partial charge in [-0.05, 0) is 25.3 Å². The maximum absolute atomic E-state index is 13.7. The number of aryl methyl sites for hydroxylation is 2. The van der Waals surface area contributed by atoms with Crippen molar-refractivity contribution in [3.63, 3.8) is 0 Å². The van der Waals surface area contributed by atoms with E-state index in [-0.39, 0.29) is 11.6 Å². The predicted octanol–water partition coefficient (Wildman–Crippen LogP) is 3.19. The van der Waals surface area contributed by atoms with Crippen LogP contribution < -0.4 is 5.32 Å². The van der Waals surface area contributed by atoms with Crippen LogP contribution in [0, 0.1) is 5.82 Å². The molecular weight excluding hydrogens is 271 g/mol. The van der Waals surface area contributed by atoms with Crippen LogP contribution in [0.1, 0.15) is 35.7 Å². The smallest absolute Gasteiger partial charge is 0.256 e. The number of aromatic nitrogens is 1. The van der Waals surface area contributed by atoms with Crippen LogP contribution in [-0.2, 0) is 17.6 Å². The Morgan fingerprint density at radius 2 is 2.14 bits per heavy atom. The quantitative estimate of drug-likeness (QED) is 0.818. The number of carbonyl (C=O) groups is 1. The zero-order valence-corrected chi connectivity index (χ0v) is 11.3. The normalized spacial score (nSPS) is 18.5. The third-order valence-electron chi connectivity index (χ3n) is 3.92. The van der Waals surface area contributed by atoms with Crippen LogP contribution >= 0.6 is 0 Å². The Hall–Kier alpha value is -2.43. The average Bonchev–Trinajstić information content (AvgIpc) is 3.02. The van der Waals surface area contributed by atoms with Crippen molar-refractivity contribution in [2.45, 2.75) is 25.7 Å². The molecule has 0 fully saturated rings. The number of rotatable bonds is 1. The number of nitrogens with one attached hydrogen (secondary N) is 1. The molecule has 0 bridgehead atoms. The Bertz CT molecular complexity index is 753. The molecule has 0 atom stereocenters. The van der Waals surface area contributed by atoms with Crippen LogP contribution in [0.3, 0.4) is 0 Å². The van der Waals surface area contributed by atoms with Gasteiger partial charge in [-0.1, -0.05) is 12.1 Å². The van der Waals surface area contributed by atoms with Gasteiger partial charge in [-0.2, -0.15) is 0 Å². The summed E-state index contributed by atoms with van der Waals surface area (Å²) in [5.74, 6) is 0.567. The van der Waals surface area contributed by atoms with E-state index in [0.29, 0.717) is 17.0 Å². The molecule has 2 aliphatic rings. The molecule has 4 rings (SSSR count). The monoisotopic (exact) mass is 284 g/mol. The maximum atomic E-state index is 13.7. The largest absolute Gasteiger partial charge is 0.441 e.